The summed E-state index contributed by atoms with van der Waals surface area (Å²) < 4.78 is 0. The van der Waals surface area contributed by atoms with Crippen LogP contribution in [0, 0.1) is 0 Å². The van der Waals surface area contributed by atoms with Crippen molar-refractivity contribution in [2.75, 3.05) is 13.1 Å². The minimum Gasteiger partial charge on any atom is -0.346 e. The van der Waals surface area contributed by atoms with E-state index in [0.29, 0.717) is 19.1 Å². The molecule has 2 amide bonds. The van der Waals surface area contributed by atoms with E-state index < -0.39 is 5.91 Å². The first kappa shape index (κ1) is 10.5. The molecule has 0 bridgehead atoms. The predicted molar refractivity (Wildman–Crippen MR) is 56.2 cm³/mol. The summed E-state index contributed by atoms with van der Waals surface area (Å²) in [5.41, 5.74) is 0. The first-order valence-corrected chi connectivity index (χ1v) is 5.88. The Bertz CT molecular complexity index is 257. The summed E-state index contributed by atoms with van der Waals surface area (Å²) >= 11 is 0. The molecule has 1 saturated heterocycles. The molecule has 0 spiro atoms. The molecule has 2 rings (SSSR count). The number of rotatable bonds is 1. The molecule has 0 radical (unpaired) electrons. The Labute approximate surface area is 90.0 Å². The van der Waals surface area contributed by atoms with Crippen molar-refractivity contribution in [3.05, 3.63) is 0 Å². The number of nitrogens with zero attached hydrogens (tertiary/aromatic N) is 1. The van der Waals surface area contributed by atoms with Gasteiger partial charge in [-0.1, -0.05) is 25.7 Å². The van der Waals surface area contributed by atoms with Gasteiger partial charge in [0.05, 0.1) is 0 Å². The SMILES string of the molecule is O=C1NCCN(C2CCCCCC2)C1=O. The largest absolute Gasteiger partial charge is 0.346 e. The van der Waals surface area contributed by atoms with E-state index in [-0.39, 0.29) is 5.91 Å². The summed E-state index contributed by atoms with van der Waals surface area (Å²) in [6.07, 6.45) is 7.06. The Balaban J connectivity index is 2.00. The molecule has 4 nitrogen and oxygen atoms in total. The first-order valence-electron chi connectivity index (χ1n) is 5.88. The van der Waals surface area contributed by atoms with E-state index in [1.54, 1.807) is 4.90 Å². The fraction of sp³-hybridized carbons (Fsp3) is 0.818. The van der Waals surface area contributed by atoms with E-state index in [1.165, 1.54) is 25.7 Å². The minimum absolute atomic E-state index is 0.311. The Morgan fingerprint density at radius 1 is 1.07 bits per heavy atom. The lowest BCUT2D eigenvalue weighted by atomic mass is 10.1. The third-order valence-corrected chi connectivity index (χ3v) is 3.36. The maximum Gasteiger partial charge on any atom is 0.312 e. The molecule has 2 aliphatic rings. The van der Waals surface area contributed by atoms with Crippen LogP contribution in [-0.2, 0) is 9.59 Å². The normalized spacial score (nSPS) is 24.9. The lowest BCUT2D eigenvalue weighted by Gasteiger charge is -2.33. The monoisotopic (exact) mass is 210 g/mol. The van der Waals surface area contributed by atoms with Crippen LogP contribution >= 0.6 is 0 Å². The zero-order valence-corrected chi connectivity index (χ0v) is 9.00. The molecule has 15 heavy (non-hydrogen) atoms. The lowest BCUT2D eigenvalue weighted by molar-refractivity contribution is -0.150. The van der Waals surface area contributed by atoms with Crippen LogP contribution < -0.4 is 5.32 Å². The van der Waals surface area contributed by atoms with Crippen molar-refractivity contribution in [1.82, 2.24) is 10.2 Å². The second kappa shape index (κ2) is 4.64. The molecule has 0 aromatic heterocycles. The van der Waals surface area contributed by atoms with Crippen molar-refractivity contribution in [3.8, 4) is 0 Å². The highest BCUT2D eigenvalue weighted by atomic mass is 16.2. The molecule has 0 aromatic rings. The number of amides is 2. The summed E-state index contributed by atoms with van der Waals surface area (Å²) in [6, 6.07) is 0.311. The van der Waals surface area contributed by atoms with E-state index in [1.807, 2.05) is 0 Å². The van der Waals surface area contributed by atoms with Crippen molar-refractivity contribution >= 4 is 11.8 Å². The Morgan fingerprint density at radius 2 is 1.73 bits per heavy atom. The van der Waals surface area contributed by atoms with Gasteiger partial charge in [0.1, 0.15) is 0 Å². The molecular formula is C11H18N2O2. The van der Waals surface area contributed by atoms with Gasteiger partial charge in [0, 0.05) is 19.1 Å². The Hall–Kier alpha value is -1.06. The number of nitrogens with one attached hydrogen (secondary N) is 1. The maximum atomic E-state index is 11.7. The zero-order valence-electron chi connectivity index (χ0n) is 9.00. The summed E-state index contributed by atoms with van der Waals surface area (Å²) in [7, 11) is 0. The molecule has 1 aliphatic heterocycles. The van der Waals surface area contributed by atoms with E-state index in [0.717, 1.165) is 12.8 Å². The van der Waals surface area contributed by atoms with Crippen LogP contribution in [0.4, 0.5) is 0 Å². The fourth-order valence-electron chi connectivity index (χ4n) is 2.52. The smallest absolute Gasteiger partial charge is 0.312 e. The standard InChI is InChI=1S/C11H18N2O2/c14-10-11(15)13(8-7-12-10)9-5-3-1-2-4-6-9/h9H,1-8H2,(H,12,14). The molecule has 1 aliphatic carbocycles. The van der Waals surface area contributed by atoms with Crippen LogP contribution in [0.2, 0.25) is 0 Å². The van der Waals surface area contributed by atoms with E-state index in [2.05, 4.69) is 5.32 Å². The highest BCUT2D eigenvalue weighted by Crippen LogP contribution is 2.22. The van der Waals surface area contributed by atoms with Crippen LogP contribution in [0.3, 0.4) is 0 Å². The Kier molecular flexibility index (Phi) is 3.23. The quantitative estimate of drug-likeness (QED) is 0.511. The van der Waals surface area contributed by atoms with Gasteiger partial charge in [-0.25, -0.2) is 0 Å². The van der Waals surface area contributed by atoms with Gasteiger partial charge in [0.2, 0.25) is 0 Å². The van der Waals surface area contributed by atoms with Gasteiger partial charge in [-0.05, 0) is 12.8 Å². The highest BCUT2D eigenvalue weighted by Gasteiger charge is 2.31. The van der Waals surface area contributed by atoms with Gasteiger partial charge in [0.25, 0.3) is 0 Å². The van der Waals surface area contributed by atoms with Crippen molar-refractivity contribution in [1.29, 1.82) is 0 Å². The van der Waals surface area contributed by atoms with Crippen molar-refractivity contribution in [2.24, 2.45) is 0 Å². The van der Waals surface area contributed by atoms with Crippen LogP contribution in [0.1, 0.15) is 38.5 Å². The third kappa shape index (κ3) is 2.30. The molecule has 1 saturated carbocycles. The van der Waals surface area contributed by atoms with Gasteiger partial charge in [-0.2, -0.15) is 0 Å². The molecular weight excluding hydrogens is 192 g/mol. The molecule has 1 N–H and O–H groups in total. The second-order valence-corrected chi connectivity index (χ2v) is 4.40. The maximum absolute atomic E-state index is 11.7. The van der Waals surface area contributed by atoms with Crippen LogP contribution in [-0.4, -0.2) is 35.8 Å². The van der Waals surface area contributed by atoms with Crippen molar-refractivity contribution in [3.63, 3.8) is 0 Å². The Morgan fingerprint density at radius 3 is 2.40 bits per heavy atom. The summed E-state index contributed by atoms with van der Waals surface area (Å²) in [4.78, 5) is 24.7. The van der Waals surface area contributed by atoms with E-state index in [9.17, 15) is 9.59 Å². The number of hydrogen-bond acceptors (Lipinski definition) is 2. The predicted octanol–water partition coefficient (Wildman–Crippen LogP) is 0.668. The summed E-state index contributed by atoms with van der Waals surface area (Å²) in [6.45, 7) is 1.30. The van der Waals surface area contributed by atoms with Gasteiger partial charge in [-0.15, -0.1) is 0 Å². The van der Waals surface area contributed by atoms with Gasteiger partial charge in [-0.3, -0.25) is 9.59 Å². The fourth-order valence-corrected chi connectivity index (χ4v) is 2.52. The highest BCUT2D eigenvalue weighted by molar-refractivity contribution is 6.35. The number of hydrogen-bond donors (Lipinski definition) is 1. The third-order valence-electron chi connectivity index (χ3n) is 3.36. The minimum atomic E-state index is -0.425. The average Bonchev–Trinajstić information content (AvgIpc) is 2.50. The second-order valence-electron chi connectivity index (χ2n) is 4.40. The summed E-state index contributed by atoms with van der Waals surface area (Å²) in [5.74, 6) is -0.751. The van der Waals surface area contributed by atoms with Crippen molar-refractivity contribution in [2.45, 2.75) is 44.6 Å². The zero-order chi connectivity index (χ0) is 10.7. The first-order chi connectivity index (χ1) is 7.29. The molecule has 2 fully saturated rings. The van der Waals surface area contributed by atoms with Crippen LogP contribution in [0.15, 0.2) is 0 Å². The molecule has 4 heteroatoms. The van der Waals surface area contributed by atoms with Crippen LogP contribution in [0.25, 0.3) is 0 Å². The number of piperazine rings is 1. The molecule has 84 valence electrons. The molecule has 0 aromatic carbocycles. The van der Waals surface area contributed by atoms with Gasteiger partial charge < -0.3 is 10.2 Å². The molecule has 0 atom stereocenters. The molecule has 1 heterocycles. The number of carbonyl (C=O) groups is 2. The van der Waals surface area contributed by atoms with Gasteiger partial charge >= 0.3 is 11.8 Å². The van der Waals surface area contributed by atoms with Crippen LogP contribution in [0.5, 0.6) is 0 Å². The summed E-state index contributed by atoms with van der Waals surface area (Å²) in [5, 5.41) is 2.59. The van der Waals surface area contributed by atoms with Crippen molar-refractivity contribution < 1.29 is 9.59 Å². The van der Waals surface area contributed by atoms with E-state index in [4.69, 9.17) is 0 Å². The van der Waals surface area contributed by atoms with E-state index >= 15 is 0 Å². The lowest BCUT2D eigenvalue weighted by Crippen LogP contribution is -2.55. The van der Waals surface area contributed by atoms with Gasteiger partial charge in [0.15, 0.2) is 0 Å². The topological polar surface area (TPSA) is 49.4 Å². The number of carbonyl (C=O) groups excluding carboxylic acids is 2. The average molecular weight is 210 g/mol. The molecule has 0 unspecified atom stereocenters.